The van der Waals surface area contributed by atoms with Gasteiger partial charge in [-0.2, -0.15) is 0 Å². The van der Waals surface area contributed by atoms with E-state index in [-0.39, 0.29) is 48.9 Å². The van der Waals surface area contributed by atoms with Crippen LogP contribution in [-0.4, -0.2) is 101 Å². The predicted octanol–water partition coefficient (Wildman–Crippen LogP) is 5.85. The Kier molecular flexibility index (Phi) is 8.49. The van der Waals surface area contributed by atoms with Crippen molar-refractivity contribution in [2.45, 2.75) is 64.0 Å². The van der Waals surface area contributed by atoms with Crippen molar-refractivity contribution < 1.29 is 29.3 Å². The second kappa shape index (κ2) is 12.7. The number of carbonyl (C=O) groups excluding carboxylic acids is 1. The van der Waals surface area contributed by atoms with Crippen molar-refractivity contribution in [3.8, 4) is 5.75 Å². The number of aromatic nitrogens is 2. The number of esters is 1. The van der Waals surface area contributed by atoms with Crippen molar-refractivity contribution in [2.24, 2.45) is 17.3 Å². The fraction of sp³-hybridized carbons (Fsp3) is 0.500. The average molecular weight is 694 g/mol. The Balaban J connectivity index is 1.38. The van der Waals surface area contributed by atoms with Crippen molar-refractivity contribution in [2.75, 3.05) is 54.1 Å². The van der Waals surface area contributed by atoms with Gasteiger partial charge in [0.25, 0.3) is 0 Å². The van der Waals surface area contributed by atoms with Crippen LogP contribution in [0.25, 0.3) is 21.8 Å². The van der Waals surface area contributed by atoms with Gasteiger partial charge in [-0.15, -0.1) is 0 Å². The molecule has 2 aromatic carbocycles. The first-order valence-electron chi connectivity index (χ1n) is 18.7. The lowest BCUT2D eigenvalue weighted by Crippen LogP contribution is -2.63. The summed E-state index contributed by atoms with van der Waals surface area (Å²) in [5.41, 5.74) is 9.00. The molecular weight excluding hydrogens is 640 g/mol. The number of allylic oxidation sites excluding steroid dienone is 2. The van der Waals surface area contributed by atoms with Gasteiger partial charge in [0.15, 0.2) is 0 Å². The van der Waals surface area contributed by atoms with Crippen molar-refractivity contribution in [3.05, 3.63) is 87.8 Å². The van der Waals surface area contributed by atoms with E-state index in [1.54, 1.807) is 0 Å². The highest BCUT2D eigenvalue weighted by molar-refractivity contribution is 5.92. The minimum absolute atomic E-state index is 0.178. The molecule has 3 aliphatic heterocycles. The molecular formula is C42H53N4O5+. The number of quaternary nitrogens is 1. The molecule has 8 rings (SSSR count). The van der Waals surface area contributed by atoms with E-state index < -0.39 is 5.41 Å². The molecule has 4 aliphatic rings. The third kappa shape index (κ3) is 4.91. The van der Waals surface area contributed by atoms with Gasteiger partial charge < -0.3 is 34.5 Å². The summed E-state index contributed by atoms with van der Waals surface area (Å²) < 4.78 is 6.51. The van der Waals surface area contributed by atoms with Gasteiger partial charge in [0.05, 0.1) is 33.0 Å². The lowest BCUT2D eigenvalue weighted by molar-refractivity contribution is -0.942. The van der Waals surface area contributed by atoms with Gasteiger partial charge in [0, 0.05) is 76.9 Å². The number of phenolic OH excluding ortho intramolecular Hbond substituents is 1. The highest BCUT2D eigenvalue weighted by Gasteiger charge is 2.59. The molecule has 2 saturated heterocycles. The van der Waals surface area contributed by atoms with Gasteiger partial charge >= 0.3 is 5.97 Å². The Labute approximate surface area is 300 Å². The first kappa shape index (κ1) is 34.2. The summed E-state index contributed by atoms with van der Waals surface area (Å²) in [7, 11) is 5.85. The second-order valence-electron chi connectivity index (χ2n) is 16.0. The first-order chi connectivity index (χ1) is 24.6. The van der Waals surface area contributed by atoms with Gasteiger partial charge in [0.2, 0.25) is 0 Å². The number of rotatable bonds is 5. The summed E-state index contributed by atoms with van der Waals surface area (Å²) in [6.07, 6.45) is 8.05. The number of aliphatic hydroxyl groups excluding tert-OH is 2. The van der Waals surface area contributed by atoms with Crippen LogP contribution >= 0.6 is 0 Å². The lowest BCUT2D eigenvalue weighted by Gasteiger charge is -2.53. The van der Waals surface area contributed by atoms with E-state index in [2.05, 4.69) is 59.2 Å². The first-order valence-corrected chi connectivity index (χ1v) is 18.7. The fourth-order valence-corrected chi connectivity index (χ4v) is 11.2. The number of nitrogens with zero attached hydrogens (tertiary/aromatic N) is 2. The number of fused-ring (bicyclic) bond motifs is 10. The summed E-state index contributed by atoms with van der Waals surface area (Å²) in [6, 6.07) is 12.2. The number of phenols is 1. The summed E-state index contributed by atoms with van der Waals surface area (Å²) in [5, 5.41) is 35.7. The molecule has 2 bridgehead atoms. The zero-order chi connectivity index (χ0) is 35.8. The standard InChI is InChI=1S/C42H52N4O5/c1-6-24-21-45(3)36-20-29-27-10-8-9-11-32(27)43-39(29)30(19-31(24)42(36,23-48)41(50)51-5)38-35(49)13-12-33-37(38)28-14-16-46(4)22-25(7-2)26(15-17-47)18-34(46)40(28)44-33/h6-13,26,30-31,34,36,43-44,47-48H,14-23H2,1-5H3/p+1/b24-6-,25-7-/t26-,30+,31+,34-,36-,42-,46+/m0/s1. The van der Waals surface area contributed by atoms with Gasteiger partial charge in [-0.1, -0.05) is 35.9 Å². The molecule has 1 aliphatic carbocycles. The van der Waals surface area contributed by atoms with Gasteiger partial charge in [-0.05, 0) is 81.0 Å². The van der Waals surface area contributed by atoms with Crippen LogP contribution in [0.3, 0.4) is 0 Å². The summed E-state index contributed by atoms with van der Waals surface area (Å²) >= 11 is 0. The number of H-pyrrole nitrogens is 2. The summed E-state index contributed by atoms with van der Waals surface area (Å²) in [6.45, 7) is 6.64. The van der Waals surface area contributed by atoms with Crippen LogP contribution in [0.2, 0.25) is 0 Å². The quantitative estimate of drug-likeness (QED) is 0.102. The maximum Gasteiger partial charge on any atom is 0.316 e. The molecule has 0 spiro atoms. The molecule has 5 N–H and O–H groups in total. The number of likely N-dealkylation sites (N-methyl/N-ethyl adjacent to an activating group) is 2. The number of aliphatic hydroxyl groups is 2. The molecule has 51 heavy (non-hydrogen) atoms. The van der Waals surface area contributed by atoms with Crippen LogP contribution < -0.4 is 0 Å². The number of methoxy groups -OCH3 is 1. The van der Waals surface area contributed by atoms with Crippen LogP contribution in [0.4, 0.5) is 0 Å². The lowest BCUT2D eigenvalue weighted by atomic mass is 9.58. The van der Waals surface area contributed by atoms with E-state index in [9.17, 15) is 20.1 Å². The fourth-order valence-electron chi connectivity index (χ4n) is 11.2. The molecule has 2 aromatic heterocycles. The number of nitrogens with one attached hydrogen (secondary N) is 2. The van der Waals surface area contributed by atoms with Crippen LogP contribution in [0.15, 0.2) is 59.7 Å². The number of aromatic hydroxyl groups is 1. The number of ether oxygens (including phenoxy) is 1. The molecule has 0 amide bonds. The van der Waals surface area contributed by atoms with E-state index >= 15 is 0 Å². The Morgan fingerprint density at radius 1 is 1.04 bits per heavy atom. The largest absolute Gasteiger partial charge is 0.508 e. The third-order valence-corrected chi connectivity index (χ3v) is 13.7. The predicted molar refractivity (Wildman–Crippen MR) is 200 cm³/mol. The number of likely N-dealkylation sites (tertiary alicyclic amines) is 1. The van der Waals surface area contributed by atoms with E-state index in [4.69, 9.17) is 4.74 Å². The van der Waals surface area contributed by atoms with Gasteiger partial charge in [-0.3, -0.25) is 9.69 Å². The highest BCUT2D eigenvalue weighted by Crippen LogP contribution is 2.56. The topological polar surface area (TPSA) is 122 Å². The number of benzene rings is 2. The molecule has 0 radical (unpaired) electrons. The minimum Gasteiger partial charge on any atom is -0.508 e. The number of piperidine rings is 2. The van der Waals surface area contributed by atoms with Crippen molar-refractivity contribution in [1.29, 1.82) is 0 Å². The molecule has 5 heterocycles. The maximum atomic E-state index is 14.2. The van der Waals surface area contributed by atoms with Crippen LogP contribution in [0.1, 0.15) is 73.1 Å². The Hall–Kier alpha value is -3.89. The molecule has 4 aromatic rings. The smallest absolute Gasteiger partial charge is 0.316 e. The average Bonchev–Trinajstić information content (AvgIpc) is 3.69. The van der Waals surface area contributed by atoms with Crippen molar-refractivity contribution in [1.82, 2.24) is 14.9 Å². The monoisotopic (exact) mass is 693 g/mol. The van der Waals surface area contributed by atoms with E-state index in [1.165, 1.54) is 23.9 Å². The number of hydrogen-bond acceptors (Lipinski definition) is 6. The summed E-state index contributed by atoms with van der Waals surface area (Å²) in [5.74, 6) is -0.405. The molecule has 9 heteroatoms. The van der Waals surface area contributed by atoms with Crippen LogP contribution in [-0.2, 0) is 22.4 Å². The Bertz CT molecular complexity index is 2080. The number of para-hydroxylation sites is 1. The maximum absolute atomic E-state index is 14.2. The molecule has 0 saturated carbocycles. The van der Waals surface area contributed by atoms with Crippen LogP contribution in [0, 0.1) is 17.3 Å². The highest BCUT2D eigenvalue weighted by atomic mass is 16.5. The Morgan fingerprint density at radius 2 is 1.80 bits per heavy atom. The zero-order valence-corrected chi connectivity index (χ0v) is 30.6. The Morgan fingerprint density at radius 3 is 2.53 bits per heavy atom. The van der Waals surface area contributed by atoms with Crippen molar-refractivity contribution in [3.63, 3.8) is 0 Å². The number of aromatic amines is 2. The minimum atomic E-state index is -1.19. The normalized spacial score (nSPS) is 32.4. The van der Waals surface area contributed by atoms with Crippen molar-refractivity contribution >= 4 is 27.8 Å². The van der Waals surface area contributed by atoms with E-state index in [1.807, 2.05) is 32.2 Å². The molecule has 2 fully saturated rings. The van der Waals surface area contributed by atoms with Gasteiger partial charge in [0.1, 0.15) is 23.8 Å². The van der Waals surface area contributed by atoms with E-state index in [0.717, 1.165) is 81.0 Å². The van der Waals surface area contributed by atoms with Crippen LogP contribution in [0.5, 0.6) is 5.75 Å². The molecule has 0 unspecified atom stereocenters. The number of hydrogen-bond donors (Lipinski definition) is 5. The molecule has 7 atom stereocenters. The van der Waals surface area contributed by atoms with E-state index in [0.29, 0.717) is 25.3 Å². The SMILES string of the molecule is C/C=C1/C[N@@+]2(C)CCc3c([nH]c4ccc(O)c([C@H]5C[C@@H]6/C(=C\C)CN(C)[C@@H](Cc7c5[nH]c5ccccc75)[C@@]6(CO)C(=O)OC)c34)[C@@H]2C[C@@H]1CCO. The van der Waals surface area contributed by atoms with Gasteiger partial charge in [-0.25, -0.2) is 0 Å². The third-order valence-electron chi connectivity index (χ3n) is 13.7. The number of carbonyl (C=O) groups is 1. The molecule has 9 nitrogen and oxygen atoms in total. The molecule has 270 valence electrons. The zero-order valence-electron chi connectivity index (χ0n) is 30.6. The second-order valence-corrected chi connectivity index (χ2v) is 16.0. The summed E-state index contributed by atoms with van der Waals surface area (Å²) in [4.78, 5) is 24.1.